The maximum Gasteiger partial charge on any atom is 0.0762 e. The standard InChI is InChI=1S/C17H28N4O/c1-20(2)13-15-10-18-11-16(19-15)17-4-3-7-21(17)12-14-5-8-22-9-6-14/h10-11,14,17H,3-9,12-13H2,1-2H3. The number of nitrogens with zero attached hydrogens (tertiary/aromatic N) is 4. The number of hydrogen-bond acceptors (Lipinski definition) is 5. The van der Waals surface area contributed by atoms with Crippen molar-refractivity contribution in [1.82, 2.24) is 19.8 Å². The van der Waals surface area contributed by atoms with Gasteiger partial charge in [0.1, 0.15) is 0 Å². The topological polar surface area (TPSA) is 41.5 Å². The first kappa shape index (κ1) is 15.8. The average molecular weight is 304 g/mol. The first-order valence-electron chi connectivity index (χ1n) is 8.49. The average Bonchev–Trinajstić information content (AvgIpc) is 2.96. The molecule has 0 bridgehead atoms. The van der Waals surface area contributed by atoms with Crippen molar-refractivity contribution in [3.05, 3.63) is 23.8 Å². The minimum atomic E-state index is 0.456. The maximum absolute atomic E-state index is 5.48. The lowest BCUT2D eigenvalue weighted by Crippen LogP contribution is -2.32. The summed E-state index contributed by atoms with van der Waals surface area (Å²) in [5.74, 6) is 0.785. The SMILES string of the molecule is CN(C)Cc1cncc(C2CCCN2CC2CCOCC2)n1. The van der Waals surface area contributed by atoms with Crippen LogP contribution in [0.15, 0.2) is 12.4 Å². The van der Waals surface area contributed by atoms with Crippen molar-refractivity contribution in [2.45, 2.75) is 38.3 Å². The summed E-state index contributed by atoms with van der Waals surface area (Å²) >= 11 is 0. The number of ether oxygens (including phenoxy) is 1. The molecule has 1 aromatic heterocycles. The second-order valence-electron chi connectivity index (χ2n) is 6.88. The highest BCUT2D eigenvalue weighted by molar-refractivity contribution is 5.09. The first-order valence-corrected chi connectivity index (χ1v) is 8.49. The fourth-order valence-corrected chi connectivity index (χ4v) is 3.62. The zero-order valence-electron chi connectivity index (χ0n) is 13.9. The zero-order valence-corrected chi connectivity index (χ0v) is 13.9. The summed E-state index contributed by atoms with van der Waals surface area (Å²) in [5.41, 5.74) is 2.23. The Morgan fingerprint density at radius 3 is 2.82 bits per heavy atom. The molecule has 122 valence electrons. The van der Waals surface area contributed by atoms with Crippen molar-refractivity contribution in [3.63, 3.8) is 0 Å². The Hall–Kier alpha value is -1.04. The van der Waals surface area contributed by atoms with Gasteiger partial charge in [0.15, 0.2) is 0 Å². The van der Waals surface area contributed by atoms with E-state index in [2.05, 4.69) is 28.9 Å². The van der Waals surface area contributed by atoms with E-state index < -0.39 is 0 Å². The maximum atomic E-state index is 5.48. The molecule has 5 nitrogen and oxygen atoms in total. The number of hydrogen-bond donors (Lipinski definition) is 0. The first-order chi connectivity index (χ1) is 10.7. The van der Waals surface area contributed by atoms with Crippen molar-refractivity contribution < 1.29 is 4.74 Å². The molecule has 2 fully saturated rings. The summed E-state index contributed by atoms with van der Waals surface area (Å²) in [6, 6.07) is 0.456. The zero-order chi connectivity index (χ0) is 15.4. The molecule has 0 N–H and O–H groups in total. The summed E-state index contributed by atoms with van der Waals surface area (Å²) in [6.07, 6.45) is 8.75. The fourth-order valence-electron chi connectivity index (χ4n) is 3.62. The van der Waals surface area contributed by atoms with Gasteiger partial charge in [-0.15, -0.1) is 0 Å². The van der Waals surface area contributed by atoms with Crippen LogP contribution >= 0.6 is 0 Å². The van der Waals surface area contributed by atoms with Crippen LogP contribution in [0.5, 0.6) is 0 Å². The molecule has 3 rings (SSSR count). The van der Waals surface area contributed by atoms with Gasteiger partial charge in [0.05, 0.1) is 17.4 Å². The molecule has 0 radical (unpaired) electrons. The van der Waals surface area contributed by atoms with Crippen molar-refractivity contribution >= 4 is 0 Å². The minimum Gasteiger partial charge on any atom is -0.381 e. The molecule has 3 heterocycles. The molecular weight excluding hydrogens is 276 g/mol. The largest absolute Gasteiger partial charge is 0.381 e. The lowest BCUT2D eigenvalue weighted by Gasteiger charge is -2.30. The minimum absolute atomic E-state index is 0.456. The van der Waals surface area contributed by atoms with Crippen LogP contribution in [0.25, 0.3) is 0 Å². The van der Waals surface area contributed by atoms with Crippen LogP contribution in [0.3, 0.4) is 0 Å². The third-order valence-corrected chi connectivity index (χ3v) is 4.72. The molecule has 5 heteroatoms. The van der Waals surface area contributed by atoms with Gasteiger partial charge >= 0.3 is 0 Å². The molecule has 0 amide bonds. The van der Waals surface area contributed by atoms with Gasteiger partial charge in [0, 0.05) is 38.7 Å². The number of aromatic nitrogens is 2. The van der Waals surface area contributed by atoms with Crippen molar-refractivity contribution in [1.29, 1.82) is 0 Å². The number of rotatable bonds is 5. The molecule has 1 atom stereocenters. The molecule has 1 unspecified atom stereocenters. The predicted octanol–water partition coefficient (Wildman–Crippen LogP) is 2.10. The molecule has 0 spiro atoms. The second-order valence-corrected chi connectivity index (χ2v) is 6.88. The molecule has 0 aliphatic carbocycles. The van der Waals surface area contributed by atoms with Gasteiger partial charge in [0.25, 0.3) is 0 Å². The van der Waals surface area contributed by atoms with E-state index in [1.54, 1.807) is 0 Å². The highest BCUT2D eigenvalue weighted by Gasteiger charge is 2.29. The van der Waals surface area contributed by atoms with E-state index in [1.165, 1.54) is 38.8 Å². The van der Waals surface area contributed by atoms with Gasteiger partial charge in [0.2, 0.25) is 0 Å². The van der Waals surface area contributed by atoms with Gasteiger partial charge in [-0.1, -0.05) is 0 Å². The van der Waals surface area contributed by atoms with Crippen LogP contribution in [-0.4, -0.2) is 60.2 Å². The molecule has 2 aliphatic heterocycles. The Kier molecular flexibility index (Phi) is 5.39. The second kappa shape index (κ2) is 7.49. The molecular formula is C17H28N4O. The van der Waals surface area contributed by atoms with E-state index in [-0.39, 0.29) is 0 Å². The molecule has 1 aromatic rings. The highest BCUT2D eigenvalue weighted by atomic mass is 16.5. The van der Waals surface area contributed by atoms with E-state index in [4.69, 9.17) is 9.72 Å². The molecule has 22 heavy (non-hydrogen) atoms. The smallest absolute Gasteiger partial charge is 0.0762 e. The predicted molar refractivity (Wildman–Crippen MR) is 86.5 cm³/mol. The molecule has 0 aromatic carbocycles. The third-order valence-electron chi connectivity index (χ3n) is 4.72. The number of likely N-dealkylation sites (tertiary alicyclic amines) is 1. The Morgan fingerprint density at radius 2 is 2.05 bits per heavy atom. The lowest BCUT2D eigenvalue weighted by molar-refractivity contribution is 0.0503. The van der Waals surface area contributed by atoms with Crippen LogP contribution in [0.2, 0.25) is 0 Å². The monoisotopic (exact) mass is 304 g/mol. The van der Waals surface area contributed by atoms with Gasteiger partial charge in [-0.2, -0.15) is 0 Å². The summed E-state index contributed by atoms with van der Waals surface area (Å²) in [7, 11) is 4.14. The van der Waals surface area contributed by atoms with Crippen molar-refractivity contribution in [3.8, 4) is 0 Å². The van der Waals surface area contributed by atoms with Crippen molar-refractivity contribution in [2.24, 2.45) is 5.92 Å². The Balaban J connectivity index is 1.66. The van der Waals surface area contributed by atoms with Crippen LogP contribution in [0.1, 0.15) is 43.1 Å². The summed E-state index contributed by atoms with van der Waals surface area (Å²) in [4.78, 5) is 14.1. The van der Waals surface area contributed by atoms with Crippen LogP contribution < -0.4 is 0 Å². The Bertz CT molecular complexity index is 473. The summed E-state index contributed by atoms with van der Waals surface area (Å²) < 4.78 is 5.48. The molecule has 0 saturated carbocycles. The van der Waals surface area contributed by atoms with Gasteiger partial charge in [-0.3, -0.25) is 14.9 Å². The van der Waals surface area contributed by atoms with Gasteiger partial charge in [-0.05, 0) is 52.2 Å². The van der Waals surface area contributed by atoms with Gasteiger partial charge < -0.3 is 9.64 Å². The Labute approximate surface area is 133 Å². The van der Waals surface area contributed by atoms with Crippen LogP contribution in [0, 0.1) is 5.92 Å². The molecule has 2 aliphatic rings. The van der Waals surface area contributed by atoms with E-state index in [1.807, 2.05) is 12.4 Å². The van der Waals surface area contributed by atoms with Crippen LogP contribution in [0.4, 0.5) is 0 Å². The normalized spacial score (nSPS) is 24.2. The van der Waals surface area contributed by atoms with Gasteiger partial charge in [-0.25, -0.2) is 0 Å². The van der Waals surface area contributed by atoms with E-state index in [9.17, 15) is 0 Å². The Morgan fingerprint density at radius 1 is 1.23 bits per heavy atom. The fraction of sp³-hybridized carbons (Fsp3) is 0.765. The highest BCUT2D eigenvalue weighted by Crippen LogP contribution is 2.32. The van der Waals surface area contributed by atoms with E-state index in [0.717, 1.165) is 37.1 Å². The quantitative estimate of drug-likeness (QED) is 0.833. The van der Waals surface area contributed by atoms with E-state index >= 15 is 0 Å². The van der Waals surface area contributed by atoms with Crippen molar-refractivity contribution in [2.75, 3.05) is 40.4 Å². The summed E-state index contributed by atoms with van der Waals surface area (Å²) in [6.45, 7) is 5.10. The van der Waals surface area contributed by atoms with Crippen LogP contribution in [-0.2, 0) is 11.3 Å². The molecule has 2 saturated heterocycles. The third kappa shape index (κ3) is 4.03. The van der Waals surface area contributed by atoms with E-state index in [0.29, 0.717) is 6.04 Å². The summed E-state index contributed by atoms with van der Waals surface area (Å²) in [5, 5.41) is 0. The lowest BCUT2D eigenvalue weighted by atomic mass is 9.99.